The van der Waals surface area contributed by atoms with Gasteiger partial charge in [-0.2, -0.15) is 0 Å². The van der Waals surface area contributed by atoms with Gasteiger partial charge in [-0.15, -0.1) is 0 Å². The number of rotatable bonds is 5. The lowest BCUT2D eigenvalue weighted by atomic mass is 10.1. The van der Waals surface area contributed by atoms with Crippen LogP contribution in [0.5, 0.6) is 5.75 Å². The summed E-state index contributed by atoms with van der Waals surface area (Å²) in [4.78, 5) is 0. The number of aliphatic hydroxyl groups excluding tert-OH is 1. The molecule has 0 heterocycles. The largest absolute Gasteiger partial charge is 0.497 e. The van der Waals surface area contributed by atoms with E-state index < -0.39 is 0 Å². The van der Waals surface area contributed by atoms with E-state index in [1.807, 2.05) is 19.1 Å². The second kappa shape index (κ2) is 5.85. The first kappa shape index (κ1) is 12.9. The highest BCUT2D eigenvalue weighted by molar-refractivity contribution is 5.84. The Bertz CT molecular complexity index is 525. The fourth-order valence-electron chi connectivity index (χ4n) is 1.87. The van der Waals surface area contributed by atoms with Crippen molar-refractivity contribution in [1.29, 1.82) is 0 Å². The second-order valence-corrected chi connectivity index (χ2v) is 4.51. The second-order valence-electron chi connectivity index (χ2n) is 4.51. The minimum absolute atomic E-state index is 0.122. The number of benzene rings is 2. The minimum Gasteiger partial charge on any atom is -0.497 e. The summed E-state index contributed by atoms with van der Waals surface area (Å²) in [6.07, 6.45) is 0. The van der Waals surface area contributed by atoms with Crippen LogP contribution in [0, 0.1) is 0 Å². The number of fused-ring (bicyclic) bond motifs is 1. The van der Waals surface area contributed by atoms with Crippen molar-refractivity contribution in [2.24, 2.45) is 0 Å². The van der Waals surface area contributed by atoms with Crippen LogP contribution in [0.1, 0.15) is 12.5 Å². The number of hydrogen-bond donors (Lipinski definition) is 2. The molecule has 96 valence electrons. The lowest BCUT2D eigenvalue weighted by Crippen LogP contribution is -2.28. The summed E-state index contributed by atoms with van der Waals surface area (Å²) >= 11 is 0. The molecule has 0 aromatic heterocycles. The molecular weight excluding hydrogens is 226 g/mol. The average molecular weight is 245 g/mol. The third kappa shape index (κ3) is 3.00. The van der Waals surface area contributed by atoms with Gasteiger partial charge in [-0.05, 0) is 41.5 Å². The van der Waals surface area contributed by atoms with Crippen LogP contribution in [0.3, 0.4) is 0 Å². The van der Waals surface area contributed by atoms with Crippen LogP contribution >= 0.6 is 0 Å². The van der Waals surface area contributed by atoms with Crippen molar-refractivity contribution in [3.05, 3.63) is 42.0 Å². The summed E-state index contributed by atoms with van der Waals surface area (Å²) in [5.74, 6) is 0.877. The predicted molar refractivity (Wildman–Crippen MR) is 73.9 cm³/mol. The Balaban J connectivity index is 2.17. The lowest BCUT2D eigenvalue weighted by molar-refractivity contribution is 0.251. The van der Waals surface area contributed by atoms with Gasteiger partial charge in [0.15, 0.2) is 0 Å². The van der Waals surface area contributed by atoms with Crippen LogP contribution in [-0.4, -0.2) is 24.9 Å². The summed E-state index contributed by atoms with van der Waals surface area (Å²) in [7, 11) is 1.68. The maximum absolute atomic E-state index is 8.97. The molecule has 2 aromatic carbocycles. The van der Waals surface area contributed by atoms with Crippen LogP contribution in [0.25, 0.3) is 10.8 Å². The quantitative estimate of drug-likeness (QED) is 0.849. The molecule has 3 nitrogen and oxygen atoms in total. The van der Waals surface area contributed by atoms with E-state index in [-0.39, 0.29) is 12.6 Å². The Kier molecular flexibility index (Phi) is 4.18. The molecule has 2 N–H and O–H groups in total. The first-order chi connectivity index (χ1) is 8.72. The van der Waals surface area contributed by atoms with Gasteiger partial charge in [0.05, 0.1) is 13.7 Å². The molecule has 0 amide bonds. The van der Waals surface area contributed by atoms with Crippen molar-refractivity contribution in [3.8, 4) is 5.75 Å². The monoisotopic (exact) mass is 245 g/mol. The minimum atomic E-state index is 0.122. The molecule has 0 saturated heterocycles. The number of hydrogen-bond acceptors (Lipinski definition) is 3. The molecule has 1 atom stereocenters. The van der Waals surface area contributed by atoms with Gasteiger partial charge in [-0.3, -0.25) is 0 Å². The SMILES string of the molecule is COc1ccc2cc(CNC(C)CO)ccc2c1. The fourth-order valence-corrected chi connectivity index (χ4v) is 1.87. The van der Waals surface area contributed by atoms with Crippen LogP contribution < -0.4 is 10.1 Å². The topological polar surface area (TPSA) is 41.5 Å². The summed E-state index contributed by atoms with van der Waals surface area (Å²) < 4.78 is 5.21. The molecule has 0 aliphatic heterocycles. The van der Waals surface area contributed by atoms with Gasteiger partial charge in [0.25, 0.3) is 0 Å². The smallest absolute Gasteiger partial charge is 0.119 e. The molecule has 0 radical (unpaired) electrons. The van der Waals surface area contributed by atoms with Gasteiger partial charge >= 0.3 is 0 Å². The summed E-state index contributed by atoms with van der Waals surface area (Å²) in [5.41, 5.74) is 1.22. The van der Waals surface area contributed by atoms with Crippen LogP contribution in [-0.2, 0) is 6.54 Å². The van der Waals surface area contributed by atoms with Crippen LogP contribution in [0.4, 0.5) is 0 Å². The molecule has 0 aliphatic rings. The highest BCUT2D eigenvalue weighted by Crippen LogP contribution is 2.21. The zero-order valence-electron chi connectivity index (χ0n) is 10.8. The molecule has 0 aliphatic carbocycles. The van der Waals surface area contributed by atoms with Gasteiger partial charge < -0.3 is 15.2 Å². The molecule has 0 bridgehead atoms. The van der Waals surface area contributed by atoms with E-state index in [9.17, 15) is 0 Å². The number of aliphatic hydroxyl groups is 1. The van der Waals surface area contributed by atoms with E-state index in [2.05, 4.69) is 29.6 Å². The fraction of sp³-hybridized carbons (Fsp3) is 0.333. The lowest BCUT2D eigenvalue weighted by Gasteiger charge is -2.11. The maximum Gasteiger partial charge on any atom is 0.119 e. The molecule has 0 saturated carbocycles. The van der Waals surface area contributed by atoms with Gasteiger partial charge in [0.2, 0.25) is 0 Å². The van der Waals surface area contributed by atoms with Gasteiger partial charge in [-0.1, -0.05) is 18.2 Å². The zero-order valence-corrected chi connectivity index (χ0v) is 10.8. The van der Waals surface area contributed by atoms with Gasteiger partial charge in [0.1, 0.15) is 5.75 Å². The Morgan fingerprint density at radius 2 is 1.89 bits per heavy atom. The van der Waals surface area contributed by atoms with Crippen LogP contribution in [0.15, 0.2) is 36.4 Å². The normalized spacial score (nSPS) is 12.6. The Morgan fingerprint density at radius 3 is 2.61 bits per heavy atom. The average Bonchev–Trinajstić information content (AvgIpc) is 2.43. The zero-order chi connectivity index (χ0) is 13.0. The maximum atomic E-state index is 8.97. The van der Waals surface area contributed by atoms with E-state index in [0.717, 1.165) is 12.3 Å². The molecule has 0 fully saturated rings. The van der Waals surface area contributed by atoms with E-state index in [0.29, 0.717) is 0 Å². The summed E-state index contributed by atoms with van der Waals surface area (Å²) in [5, 5.41) is 14.6. The number of nitrogens with one attached hydrogen (secondary N) is 1. The number of methoxy groups -OCH3 is 1. The molecular formula is C15H19NO2. The predicted octanol–water partition coefficient (Wildman–Crippen LogP) is 2.32. The van der Waals surface area contributed by atoms with E-state index in [1.165, 1.54) is 16.3 Å². The van der Waals surface area contributed by atoms with Crippen molar-refractivity contribution in [2.45, 2.75) is 19.5 Å². The Morgan fingerprint density at radius 1 is 1.17 bits per heavy atom. The standard InChI is InChI=1S/C15H19NO2/c1-11(10-17)16-9-12-3-4-14-8-15(18-2)6-5-13(14)7-12/h3-8,11,16-17H,9-10H2,1-2H3. The van der Waals surface area contributed by atoms with Crippen molar-refractivity contribution < 1.29 is 9.84 Å². The van der Waals surface area contributed by atoms with Crippen molar-refractivity contribution in [1.82, 2.24) is 5.32 Å². The third-order valence-corrected chi connectivity index (χ3v) is 3.04. The molecule has 18 heavy (non-hydrogen) atoms. The molecule has 2 aromatic rings. The first-order valence-corrected chi connectivity index (χ1v) is 6.14. The molecule has 3 heteroatoms. The summed E-state index contributed by atoms with van der Waals surface area (Å²) in [6, 6.07) is 12.5. The van der Waals surface area contributed by atoms with Crippen molar-refractivity contribution >= 4 is 10.8 Å². The molecule has 0 spiro atoms. The van der Waals surface area contributed by atoms with E-state index in [4.69, 9.17) is 9.84 Å². The van der Waals surface area contributed by atoms with Crippen LogP contribution in [0.2, 0.25) is 0 Å². The first-order valence-electron chi connectivity index (χ1n) is 6.14. The highest BCUT2D eigenvalue weighted by Gasteiger charge is 2.01. The Hall–Kier alpha value is -1.58. The molecule has 2 rings (SSSR count). The Labute approximate surface area is 107 Å². The molecule has 1 unspecified atom stereocenters. The van der Waals surface area contributed by atoms with Gasteiger partial charge in [0, 0.05) is 12.6 Å². The third-order valence-electron chi connectivity index (χ3n) is 3.04. The van der Waals surface area contributed by atoms with E-state index >= 15 is 0 Å². The van der Waals surface area contributed by atoms with Crippen molar-refractivity contribution in [2.75, 3.05) is 13.7 Å². The van der Waals surface area contributed by atoms with Crippen molar-refractivity contribution in [3.63, 3.8) is 0 Å². The number of ether oxygens (including phenoxy) is 1. The highest BCUT2D eigenvalue weighted by atomic mass is 16.5. The summed E-state index contributed by atoms with van der Waals surface area (Å²) in [6.45, 7) is 2.89. The van der Waals surface area contributed by atoms with Gasteiger partial charge in [-0.25, -0.2) is 0 Å². The van der Waals surface area contributed by atoms with E-state index in [1.54, 1.807) is 7.11 Å².